The van der Waals surface area contributed by atoms with E-state index in [2.05, 4.69) is 0 Å². The number of aryl methyl sites for hydroxylation is 2. The molecule has 0 radical (unpaired) electrons. The van der Waals surface area contributed by atoms with Crippen molar-refractivity contribution in [2.24, 2.45) is 0 Å². The summed E-state index contributed by atoms with van der Waals surface area (Å²) in [5.74, 6) is 0. The molecule has 2 rings (SSSR count). The summed E-state index contributed by atoms with van der Waals surface area (Å²) in [6.07, 6.45) is 0.269. The molecule has 0 heterocycles. The molecule has 21 heavy (non-hydrogen) atoms. The Balaban J connectivity index is 2.91. The van der Waals surface area contributed by atoms with Crippen molar-refractivity contribution in [1.82, 2.24) is 0 Å². The molecule has 4 nitrogen and oxygen atoms in total. The first-order valence-electron chi connectivity index (χ1n) is 6.26. The molecule has 0 unspecified atom stereocenters. The Morgan fingerprint density at radius 2 is 1.10 bits per heavy atom. The molecule has 98 valence electrons. The molecule has 0 amide bonds. The monoisotopic (exact) mass is 270 g/mol. The third-order valence-electron chi connectivity index (χ3n) is 3.69. The van der Waals surface area contributed by atoms with Crippen molar-refractivity contribution in [3.63, 3.8) is 0 Å². The van der Waals surface area contributed by atoms with Crippen LogP contribution in [0.3, 0.4) is 0 Å². The second-order valence-corrected chi connectivity index (χ2v) is 4.81. The van der Waals surface area contributed by atoms with Gasteiger partial charge in [0.1, 0.15) is 35.4 Å². The van der Waals surface area contributed by atoms with Crippen molar-refractivity contribution in [3.05, 3.63) is 45.5 Å². The summed E-state index contributed by atoms with van der Waals surface area (Å²) in [6.45, 7) is 3.89. The van der Waals surface area contributed by atoms with E-state index >= 15 is 0 Å². The first-order chi connectivity index (χ1) is 10.1. The van der Waals surface area contributed by atoms with Crippen LogP contribution in [0.4, 0.5) is 0 Å². The van der Waals surface area contributed by atoms with Crippen LogP contribution < -0.4 is 0 Å². The molecule has 1 aliphatic rings. The summed E-state index contributed by atoms with van der Waals surface area (Å²) in [5.41, 5.74) is 4.88. The van der Waals surface area contributed by atoms with Gasteiger partial charge in [-0.15, -0.1) is 0 Å². The average Bonchev–Trinajstić information content (AvgIpc) is 2.82. The van der Waals surface area contributed by atoms with E-state index in [1.54, 1.807) is 0 Å². The molecule has 0 atom stereocenters. The third kappa shape index (κ3) is 2.17. The van der Waals surface area contributed by atoms with Crippen LogP contribution in [0.2, 0.25) is 0 Å². The predicted octanol–water partition coefficient (Wildman–Crippen LogP) is 3.31. The maximum Gasteiger partial charge on any atom is 0.133 e. The summed E-state index contributed by atoms with van der Waals surface area (Å²) in [6, 6.07) is 11.4. The minimum atomic E-state index is 0.0322. The van der Waals surface area contributed by atoms with Crippen molar-refractivity contribution in [1.29, 1.82) is 21.0 Å². The number of nitrogens with zero attached hydrogens (tertiary/aromatic N) is 4. The van der Waals surface area contributed by atoms with E-state index in [0.717, 1.165) is 22.3 Å². The maximum atomic E-state index is 9.10. The zero-order chi connectivity index (χ0) is 15.6. The second kappa shape index (κ2) is 5.34. The van der Waals surface area contributed by atoms with Gasteiger partial charge in [-0.25, -0.2) is 0 Å². The minimum Gasteiger partial charge on any atom is -0.192 e. The lowest BCUT2D eigenvalue weighted by molar-refractivity contribution is 1.32. The van der Waals surface area contributed by atoms with Crippen LogP contribution in [0.1, 0.15) is 28.7 Å². The fourth-order valence-electron chi connectivity index (χ4n) is 2.45. The van der Waals surface area contributed by atoms with Gasteiger partial charge in [-0.1, -0.05) is 12.1 Å². The third-order valence-corrected chi connectivity index (χ3v) is 3.69. The minimum absolute atomic E-state index is 0.0322. The molecule has 1 aromatic rings. The molecular formula is C17H10N4. The maximum absolute atomic E-state index is 9.10. The lowest BCUT2D eigenvalue weighted by atomic mass is 9.97. The highest BCUT2D eigenvalue weighted by Crippen LogP contribution is 2.44. The lowest BCUT2D eigenvalue weighted by Gasteiger charge is -2.06. The van der Waals surface area contributed by atoms with Gasteiger partial charge in [0.2, 0.25) is 0 Å². The van der Waals surface area contributed by atoms with Gasteiger partial charge in [0, 0.05) is 6.42 Å². The standard InChI is InChI=1S/C17H10N4/c1-10-3-16-14(12(6-18)7-19)5-15(13(8-20)9-21)17(16)4-11(10)2/h3-4H,5H2,1-2H3. The number of benzene rings is 1. The molecule has 0 N–H and O–H groups in total. The number of hydrogen-bond acceptors (Lipinski definition) is 4. The van der Waals surface area contributed by atoms with E-state index in [9.17, 15) is 0 Å². The fraction of sp³-hybridized carbons (Fsp3) is 0.176. The quantitative estimate of drug-likeness (QED) is 0.675. The number of allylic oxidation sites excluding steroid dienone is 4. The molecule has 0 aromatic heterocycles. The highest BCUT2D eigenvalue weighted by Gasteiger charge is 2.27. The summed E-state index contributed by atoms with van der Waals surface area (Å²) in [5, 5.41) is 36.4. The van der Waals surface area contributed by atoms with Gasteiger partial charge in [-0.2, -0.15) is 21.0 Å². The van der Waals surface area contributed by atoms with Crippen molar-refractivity contribution in [2.45, 2.75) is 20.3 Å². The molecule has 4 heteroatoms. The predicted molar refractivity (Wildman–Crippen MR) is 76.8 cm³/mol. The van der Waals surface area contributed by atoms with Crippen molar-refractivity contribution < 1.29 is 0 Å². The van der Waals surface area contributed by atoms with Crippen molar-refractivity contribution >= 4 is 11.1 Å². The summed E-state index contributed by atoms with van der Waals surface area (Å²) in [4.78, 5) is 0. The zero-order valence-electron chi connectivity index (χ0n) is 11.7. The van der Waals surface area contributed by atoms with Gasteiger partial charge in [0.05, 0.1) is 0 Å². The highest BCUT2D eigenvalue weighted by atomic mass is 14.4. The van der Waals surface area contributed by atoms with Crippen molar-refractivity contribution in [2.75, 3.05) is 0 Å². The van der Waals surface area contributed by atoms with Crippen LogP contribution in [0.15, 0.2) is 23.3 Å². The number of hydrogen-bond donors (Lipinski definition) is 0. The van der Waals surface area contributed by atoms with Crippen LogP contribution in [0, 0.1) is 59.2 Å². The SMILES string of the molecule is Cc1cc2c(cc1C)C(=C(C#N)C#N)CC2=C(C#N)C#N. The van der Waals surface area contributed by atoms with Crippen LogP contribution in [0.5, 0.6) is 0 Å². The Kier molecular flexibility index (Phi) is 3.58. The van der Waals surface area contributed by atoms with E-state index < -0.39 is 0 Å². The van der Waals surface area contributed by atoms with Gasteiger partial charge in [-0.3, -0.25) is 0 Å². The van der Waals surface area contributed by atoms with Crippen LogP contribution >= 0.6 is 0 Å². The summed E-state index contributed by atoms with van der Waals surface area (Å²) < 4.78 is 0. The smallest absolute Gasteiger partial charge is 0.133 e. The fourth-order valence-corrected chi connectivity index (χ4v) is 2.45. The van der Waals surface area contributed by atoms with Gasteiger partial charge >= 0.3 is 0 Å². The van der Waals surface area contributed by atoms with Crippen molar-refractivity contribution in [3.8, 4) is 24.3 Å². The van der Waals surface area contributed by atoms with Gasteiger partial charge in [0.15, 0.2) is 0 Å². The molecule has 0 bridgehead atoms. The van der Waals surface area contributed by atoms with E-state index in [0.29, 0.717) is 11.1 Å². The van der Waals surface area contributed by atoms with Gasteiger partial charge in [-0.05, 0) is 47.2 Å². The Hall–Kier alpha value is -3.34. The highest BCUT2D eigenvalue weighted by molar-refractivity contribution is 5.98. The summed E-state index contributed by atoms with van der Waals surface area (Å²) in [7, 11) is 0. The molecular weight excluding hydrogens is 260 g/mol. The second-order valence-electron chi connectivity index (χ2n) is 4.81. The molecule has 0 aliphatic heterocycles. The van der Waals surface area contributed by atoms with E-state index in [1.165, 1.54) is 0 Å². The van der Waals surface area contributed by atoms with Crippen LogP contribution in [0.25, 0.3) is 11.1 Å². The molecule has 0 saturated carbocycles. The van der Waals surface area contributed by atoms with E-state index in [4.69, 9.17) is 21.0 Å². The normalized spacial score (nSPS) is 11.7. The topological polar surface area (TPSA) is 95.2 Å². The first kappa shape index (κ1) is 14.1. The molecule has 0 spiro atoms. The Morgan fingerprint density at radius 1 is 0.762 bits per heavy atom. The molecule has 1 aliphatic carbocycles. The van der Waals surface area contributed by atoms with E-state index in [1.807, 2.05) is 50.3 Å². The average molecular weight is 270 g/mol. The number of rotatable bonds is 0. The Labute approximate surface area is 123 Å². The Bertz CT molecular complexity index is 767. The number of nitriles is 4. The first-order valence-corrected chi connectivity index (χ1v) is 6.26. The van der Waals surface area contributed by atoms with Gasteiger partial charge in [0.25, 0.3) is 0 Å². The molecule has 1 aromatic carbocycles. The Morgan fingerprint density at radius 3 is 1.38 bits per heavy atom. The largest absolute Gasteiger partial charge is 0.192 e. The molecule has 0 saturated heterocycles. The lowest BCUT2D eigenvalue weighted by Crippen LogP contribution is -1.90. The van der Waals surface area contributed by atoms with E-state index in [-0.39, 0.29) is 17.6 Å². The van der Waals surface area contributed by atoms with Crippen LogP contribution in [-0.2, 0) is 0 Å². The number of fused-ring (bicyclic) bond motifs is 1. The zero-order valence-corrected chi connectivity index (χ0v) is 11.7. The molecule has 0 fully saturated rings. The van der Waals surface area contributed by atoms with Crippen LogP contribution in [-0.4, -0.2) is 0 Å². The summed E-state index contributed by atoms with van der Waals surface area (Å²) >= 11 is 0. The van der Waals surface area contributed by atoms with Gasteiger partial charge < -0.3 is 0 Å².